The summed E-state index contributed by atoms with van der Waals surface area (Å²) in [7, 11) is 0. The summed E-state index contributed by atoms with van der Waals surface area (Å²) in [6, 6.07) is 8.65. The van der Waals surface area contributed by atoms with Crippen molar-refractivity contribution in [2.45, 2.75) is 58.0 Å². The van der Waals surface area contributed by atoms with Gasteiger partial charge in [-0.3, -0.25) is 0 Å². The number of rotatable bonds is 4. The summed E-state index contributed by atoms with van der Waals surface area (Å²) in [4.78, 5) is 0. The van der Waals surface area contributed by atoms with Crippen molar-refractivity contribution in [2.24, 2.45) is 0 Å². The minimum absolute atomic E-state index is 0.197. The van der Waals surface area contributed by atoms with Gasteiger partial charge in [0.15, 0.2) is 0 Å². The maximum atomic E-state index is 6.33. The molecule has 2 nitrogen and oxygen atoms in total. The molecule has 3 atom stereocenters. The van der Waals surface area contributed by atoms with Gasteiger partial charge in [0.2, 0.25) is 0 Å². The fourth-order valence-corrected chi connectivity index (χ4v) is 3.48. The molecule has 0 radical (unpaired) electrons. The first-order valence-electron chi connectivity index (χ1n) is 7.02. The van der Waals surface area contributed by atoms with Gasteiger partial charge in [-0.15, -0.1) is 0 Å². The number of hydrogen-bond donors (Lipinski definition) is 0. The molecule has 0 N–H and O–H groups in total. The minimum Gasteiger partial charge on any atom is -0.375 e. The maximum Gasteiger partial charge on any atom is 0.0918 e. The van der Waals surface area contributed by atoms with Crippen molar-refractivity contribution < 1.29 is 9.47 Å². The molecule has 1 saturated heterocycles. The SMILES string of the molecule is Cc1cccc(C(CI)OC2CC(C)OC(C)C2)c1. The Morgan fingerprint density at radius 3 is 2.58 bits per heavy atom. The zero-order valence-corrected chi connectivity index (χ0v) is 14.1. The number of hydrogen-bond acceptors (Lipinski definition) is 2. The second-order valence-electron chi connectivity index (χ2n) is 5.54. The van der Waals surface area contributed by atoms with E-state index < -0.39 is 0 Å². The van der Waals surface area contributed by atoms with Crippen molar-refractivity contribution in [1.29, 1.82) is 0 Å². The number of aryl methyl sites for hydroxylation is 1. The molecule has 19 heavy (non-hydrogen) atoms. The van der Waals surface area contributed by atoms with Gasteiger partial charge in [-0.1, -0.05) is 52.4 Å². The van der Waals surface area contributed by atoms with E-state index in [1.807, 2.05) is 0 Å². The summed E-state index contributed by atoms with van der Waals surface area (Å²) < 4.78 is 13.1. The molecule has 1 fully saturated rings. The highest BCUT2D eigenvalue weighted by atomic mass is 127. The van der Waals surface area contributed by atoms with Crippen molar-refractivity contribution in [2.75, 3.05) is 4.43 Å². The van der Waals surface area contributed by atoms with E-state index in [1.54, 1.807) is 0 Å². The zero-order chi connectivity index (χ0) is 13.8. The third kappa shape index (κ3) is 4.43. The molecular formula is C16H23IO2. The van der Waals surface area contributed by atoms with Crippen LogP contribution in [0.1, 0.15) is 43.9 Å². The molecule has 1 aromatic carbocycles. The average Bonchev–Trinajstić information content (AvgIpc) is 2.34. The molecule has 0 aromatic heterocycles. The number of alkyl halides is 1. The number of ether oxygens (including phenoxy) is 2. The second kappa shape index (κ2) is 7.04. The lowest BCUT2D eigenvalue weighted by Crippen LogP contribution is -2.35. The van der Waals surface area contributed by atoms with Crippen molar-refractivity contribution in [3.05, 3.63) is 35.4 Å². The zero-order valence-electron chi connectivity index (χ0n) is 11.9. The Kier molecular flexibility index (Phi) is 5.66. The van der Waals surface area contributed by atoms with E-state index in [0.29, 0.717) is 18.3 Å². The van der Waals surface area contributed by atoms with E-state index in [9.17, 15) is 0 Å². The van der Waals surface area contributed by atoms with Crippen LogP contribution >= 0.6 is 22.6 Å². The molecule has 106 valence electrons. The van der Waals surface area contributed by atoms with Gasteiger partial charge in [-0.25, -0.2) is 0 Å². The van der Waals surface area contributed by atoms with Gasteiger partial charge in [-0.2, -0.15) is 0 Å². The maximum absolute atomic E-state index is 6.33. The normalized spacial score (nSPS) is 29.2. The lowest BCUT2D eigenvalue weighted by Gasteiger charge is -2.34. The van der Waals surface area contributed by atoms with Crippen LogP contribution in [0, 0.1) is 6.92 Å². The first kappa shape index (κ1) is 15.3. The average molecular weight is 374 g/mol. The van der Waals surface area contributed by atoms with E-state index >= 15 is 0 Å². The summed E-state index contributed by atoms with van der Waals surface area (Å²) in [5, 5.41) is 0. The third-order valence-electron chi connectivity index (χ3n) is 3.57. The summed E-state index contributed by atoms with van der Waals surface area (Å²) in [6.45, 7) is 6.40. The van der Waals surface area contributed by atoms with Crippen LogP contribution in [0.5, 0.6) is 0 Å². The molecule has 3 unspecified atom stereocenters. The van der Waals surface area contributed by atoms with Gasteiger partial charge in [-0.05, 0) is 39.2 Å². The Hall–Kier alpha value is -0.130. The standard InChI is InChI=1S/C16H23IO2/c1-11-5-4-6-14(7-11)16(10-17)19-15-8-12(2)18-13(3)9-15/h4-7,12-13,15-16H,8-10H2,1-3H3. The summed E-state index contributed by atoms with van der Waals surface area (Å²) in [5.41, 5.74) is 2.59. The summed E-state index contributed by atoms with van der Waals surface area (Å²) >= 11 is 2.42. The van der Waals surface area contributed by atoms with Crippen LogP contribution in [0.3, 0.4) is 0 Å². The number of halogens is 1. The van der Waals surface area contributed by atoms with E-state index in [2.05, 4.69) is 67.6 Å². The Morgan fingerprint density at radius 2 is 2.00 bits per heavy atom. The first-order chi connectivity index (χ1) is 9.08. The fraction of sp³-hybridized carbons (Fsp3) is 0.625. The van der Waals surface area contributed by atoms with Crippen LogP contribution < -0.4 is 0 Å². The van der Waals surface area contributed by atoms with Gasteiger partial charge < -0.3 is 9.47 Å². The monoisotopic (exact) mass is 374 g/mol. The predicted octanol–water partition coefficient (Wildman–Crippen LogP) is 4.44. The van der Waals surface area contributed by atoms with Crippen molar-refractivity contribution >= 4 is 22.6 Å². The largest absolute Gasteiger partial charge is 0.375 e. The van der Waals surface area contributed by atoms with E-state index in [4.69, 9.17) is 9.47 Å². The first-order valence-corrected chi connectivity index (χ1v) is 8.54. The highest BCUT2D eigenvalue weighted by Gasteiger charge is 2.27. The molecule has 1 aliphatic rings. The van der Waals surface area contributed by atoms with E-state index in [1.165, 1.54) is 11.1 Å². The van der Waals surface area contributed by atoms with Gasteiger partial charge in [0, 0.05) is 4.43 Å². The Labute approximate surface area is 130 Å². The number of benzene rings is 1. The molecule has 1 heterocycles. The van der Waals surface area contributed by atoms with Crippen LogP contribution in [-0.4, -0.2) is 22.7 Å². The van der Waals surface area contributed by atoms with Crippen LogP contribution in [0.25, 0.3) is 0 Å². The highest BCUT2D eigenvalue weighted by Crippen LogP contribution is 2.29. The smallest absolute Gasteiger partial charge is 0.0918 e. The lowest BCUT2D eigenvalue weighted by atomic mass is 10.0. The van der Waals surface area contributed by atoms with Crippen LogP contribution in [0.2, 0.25) is 0 Å². The molecule has 0 saturated carbocycles. The lowest BCUT2D eigenvalue weighted by molar-refractivity contribution is -0.118. The molecule has 2 rings (SSSR count). The highest BCUT2D eigenvalue weighted by molar-refractivity contribution is 14.1. The molecule has 0 amide bonds. The van der Waals surface area contributed by atoms with E-state index in [-0.39, 0.29) is 6.10 Å². The Morgan fingerprint density at radius 1 is 1.32 bits per heavy atom. The van der Waals surface area contributed by atoms with Crippen molar-refractivity contribution in [1.82, 2.24) is 0 Å². The molecule has 1 aliphatic heterocycles. The molecule has 3 heteroatoms. The molecule has 0 spiro atoms. The van der Waals surface area contributed by atoms with Gasteiger partial charge >= 0.3 is 0 Å². The van der Waals surface area contributed by atoms with Gasteiger partial charge in [0.25, 0.3) is 0 Å². The quantitative estimate of drug-likeness (QED) is 0.573. The molecule has 1 aromatic rings. The fourth-order valence-electron chi connectivity index (χ4n) is 2.76. The molecule has 0 aliphatic carbocycles. The molecule has 0 bridgehead atoms. The summed E-state index contributed by atoms with van der Waals surface area (Å²) in [5.74, 6) is 0. The minimum atomic E-state index is 0.197. The van der Waals surface area contributed by atoms with Crippen LogP contribution in [-0.2, 0) is 9.47 Å². The van der Waals surface area contributed by atoms with Gasteiger partial charge in [0.05, 0.1) is 24.4 Å². The van der Waals surface area contributed by atoms with Crippen molar-refractivity contribution in [3.8, 4) is 0 Å². The topological polar surface area (TPSA) is 18.5 Å². The van der Waals surface area contributed by atoms with E-state index in [0.717, 1.165) is 17.3 Å². The van der Waals surface area contributed by atoms with Gasteiger partial charge in [0.1, 0.15) is 0 Å². The Bertz CT molecular complexity index is 397. The van der Waals surface area contributed by atoms with Crippen LogP contribution in [0.4, 0.5) is 0 Å². The second-order valence-corrected chi connectivity index (χ2v) is 6.42. The third-order valence-corrected chi connectivity index (χ3v) is 4.37. The summed E-state index contributed by atoms with van der Waals surface area (Å²) in [6.07, 6.45) is 3.14. The molecular weight excluding hydrogens is 351 g/mol. The van der Waals surface area contributed by atoms with Crippen LogP contribution in [0.15, 0.2) is 24.3 Å². The van der Waals surface area contributed by atoms with Crippen molar-refractivity contribution in [3.63, 3.8) is 0 Å². The Balaban J connectivity index is 2.02. The predicted molar refractivity (Wildman–Crippen MR) is 86.9 cm³/mol.